The van der Waals surface area contributed by atoms with Crippen molar-refractivity contribution in [2.45, 2.75) is 5.41 Å². The van der Waals surface area contributed by atoms with Crippen LogP contribution in [0.15, 0.2) is 224 Å². The van der Waals surface area contributed by atoms with Gasteiger partial charge in [0.05, 0.1) is 5.41 Å². The Morgan fingerprint density at radius 3 is 1.36 bits per heavy atom. The van der Waals surface area contributed by atoms with Gasteiger partial charge < -0.3 is 0 Å². The van der Waals surface area contributed by atoms with Gasteiger partial charge in [-0.2, -0.15) is 0 Å². The topological polar surface area (TPSA) is 38.7 Å². The van der Waals surface area contributed by atoms with Gasteiger partial charge in [0.25, 0.3) is 0 Å². The number of fused-ring (bicyclic) bond motifs is 9. The number of benzene rings is 10. The summed E-state index contributed by atoms with van der Waals surface area (Å²) < 4.78 is 0. The molecule has 1 aliphatic carbocycles. The average Bonchev–Trinajstić information content (AvgIpc) is 3.65. The third kappa shape index (κ3) is 5.48. The van der Waals surface area contributed by atoms with Crippen LogP contribution in [0.4, 0.5) is 0 Å². The van der Waals surface area contributed by atoms with E-state index in [0.717, 1.165) is 22.1 Å². The van der Waals surface area contributed by atoms with Gasteiger partial charge in [0.15, 0.2) is 17.5 Å². The molecule has 0 N–H and O–H groups in total. The highest BCUT2D eigenvalue weighted by Crippen LogP contribution is 2.57. The fourth-order valence-corrected chi connectivity index (χ4v) is 9.94. The van der Waals surface area contributed by atoms with Crippen LogP contribution >= 0.6 is 0 Å². The van der Waals surface area contributed by atoms with Gasteiger partial charge in [-0.15, -0.1) is 0 Å². The minimum Gasteiger partial charge on any atom is -0.208 e. The van der Waals surface area contributed by atoms with Gasteiger partial charge in [-0.3, -0.25) is 0 Å². The Labute approximate surface area is 354 Å². The van der Waals surface area contributed by atoms with Crippen molar-refractivity contribution in [2.24, 2.45) is 0 Å². The summed E-state index contributed by atoms with van der Waals surface area (Å²) in [4.78, 5) is 15.2. The SMILES string of the molecule is c1ccc(-c2nc(-c3ccccc3)nc(-c3ccc4c5ccccc5c5cccc(-c6ccc7c(c6)-c6ccccc6C7(c6ccccc6)c6ccccc6)c5c4c3)n2)cc1. The van der Waals surface area contributed by atoms with Crippen molar-refractivity contribution in [3.8, 4) is 56.4 Å². The highest BCUT2D eigenvalue weighted by Gasteiger charge is 2.46. The van der Waals surface area contributed by atoms with E-state index in [1.165, 1.54) is 71.4 Å². The summed E-state index contributed by atoms with van der Waals surface area (Å²) in [5, 5.41) is 7.23. The van der Waals surface area contributed by atoms with Gasteiger partial charge in [-0.05, 0) is 89.0 Å². The summed E-state index contributed by atoms with van der Waals surface area (Å²) in [6.45, 7) is 0. The Hall–Kier alpha value is -8.01. The van der Waals surface area contributed by atoms with E-state index in [0.29, 0.717) is 17.5 Å². The Morgan fingerprint density at radius 2 is 0.721 bits per heavy atom. The molecule has 0 radical (unpaired) electrons. The third-order valence-electron chi connectivity index (χ3n) is 12.6. The van der Waals surface area contributed by atoms with Crippen LogP contribution in [-0.4, -0.2) is 15.0 Å². The van der Waals surface area contributed by atoms with E-state index in [4.69, 9.17) is 15.0 Å². The molecule has 1 aliphatic rings. The normalized spacial score (nSPS) is 12.7. The lowest BCUT2D eigenvalue weighted by atomic mass is 9.67. The second kappa shape index (κ2) is 14.1. The molecule has 61 heavy (non-hydrogen) atoms. The van der Waals surface area contributed by atoms with Gasteiger partial charge >= 0.3 is 0 Å². The Kier molecular flexibility index (Phi) is 8.07. The van der Waals surface area contributed by atoms with Crippen LogP contribution in [0.5, 0.6) is 0 Å². The standard InChI is InChI=1S/C58H37N3/c1-5-18-38(19-6-1)55-59-56(39-20-7-2-8-21-39)61-57(60-55)41-32-34-47-45-26-13-14-27-46(45)49-30-17-29-44(54(49)51(47)37-41)40-33-35-53-50(36-40)48-28-15-16-31-52(48)58(53,42-22-9-3-10-23-42)43-24-11-4-12-25-43/h1-37H. The maximum Gasteiger partial charge on any atom is 0.164 e. The van der Waals surface area contributed by atoms with Gasteiger partial charge in [-0.1, -0.05) is 212 Å². The predicted octanol–water partition coefficient (Wildman–Crippen LogP) is 14.4. The molecule has 0 bridgehead atoms. The van der Waals surface area contributed by atoms with E-state index in [-0.39, 0.29) is 0 Å². The molecule has 0 saturated carbocycles. The van der Waals surface area contributed by atoms with E-state index in [1.54, 1.807) is 0 Å². The van der Waals surface area contributed by atoms with Crippen LogP contribution in [0.1, 0.15) is 22.3 Å². The first-order valence-corrected chi connectivity index (χ1v) is 20.9. The van der Waals surface area contributed by atoms with Crippen LogP contribution in [0.2, 0.25) is 0 Å². The van der Waals surface area contributed by atoms with Crippen molar-refractivity contribution in [3.05, 3.63) is 247 Å². The summed E-state index contributed by atoms with van der Waals surface area (Å²) in [6, 6.07) is 80.8. The summed E-state index contributed by atoms with van der Waals surface area (Å²) >= 11 is 0. The molecule has 3 heteroatoms. The highest BCUT2D eigenvalue weighted by atomic mass is 15.0. The first-order valence-electron chi connectivity index (χ1n) is 20.9. The summed E-state index contributed by atoms with van der Waals surface area (Å²) in [7, 11) is 0. The molecule has 0 fully saturated rings. The molecular formula is C58H37N3. The largest absolute Gasteiger partial charge is 0.208 e. The molecule has 0 saturated heterocycles. The van der Waals surface area contributed by atoms with Crippen LogP contribution in [0, 0.1) is 0 Å². The third-order valence-corrected chi connectivity index (χ3v) is 12.6. The minimum absolute atomic E-state index is 0.453. The average molecular weight is 776 g/mol. The number of nitrogens with zero attached hydrogens (tertiary/aromatic N) is 3. The maximum atomic E-state index is 5.13. The second-order valence-electron chi connectivity index (χ2n) is 15.9. The lowest BCUT2D eigenvalue weighted by Gasteiger charge is -2.33. The van der Waals surface area contributed by atoms with E-state index >= 15 is 0 Å². The molecule has 1 aromatic heterocycles. The number of hydrogen-bond donors (Lipinski definition) is 0. The molecule has 3 nitrogen and oxygen atoms in total. The predicted molar refractivity (Wildman–Crippen MR) is 251 cm³/mol. The monoisotopic (exact) mass is 775 g/mol. The first kappa shape index (κ1) is 35.0. The molecular weight excluding hydrogens is 739 g/mol. The lowest BCUT2D eigenvalue weighted by molar-refractivity contribution is 0.768. The van der Waals surface area contributed by atoms with E-state index in [2.05, 4.69) is 188 Å². The summed E-state index contributed by atoms with van der Waals surface area (Å²) in [5.41, 5.74) is 12.4. The number of aromatic nitrogens is 3. The van der Waals surface area contributed by atoms with E-state index in [1.807, 2.05) is 36.4 Å². The lowest BCUT2D eigenvalue weighted by Crippen LogP contribution is -2.28. The molecule has 0 amide bonds. The maximum absolute atomic E-state index is 5.13. The van der Waals surface area contributed by atoms with Crippen molar-refractivity contribution in [1.82, 2.24) is 15.0 Å². The zero-order chi connectivity index (χ0) is 40.3. The van der Waals surface area contributed by atoms with Gasteiger partial charge in [0.1, 0.15) is 0 Å². The summed E-state index contributed by atoms with van der Waals surface area (Å²) in [5.74, 6) is 1.93. The van der Waals surface area contributed by atoms with Crippen LogP contribution in [0.25, 0.3) is 88.7 Å². The Morgan fingerprint density at radius 1 is 0.262 bits per heavy atom. The molecule has 11 aromatic rings. The van der Waals surface area contributed by atoms with Crippen molar-refractivity contribution >= 4 is 32.3 Å². The molecule has 1 heterocycles. The molecule has 12 rings (SSSR count). The first-order chi connectivity index (χ1) is 30.3. The molecule has 0 atom stereocenters. The van der Waals surface area contributed by atoms with Crippen LogP contribution in [-0.2, 0) is 5.41 Å². The highest BCUT2D eigenvalue weighted by molar-refractivity contribution is 6.29. The van der Waals surface area contributed by atoms with E-state index < -0.39 is 5.41 Å². The fourth-order valence-electron chi connectivity index (χ4n) is 9.94. The molecule has 0 aliphatic heterocycles. The second-order valence-corrected chi connectivity index (χ2v) is 15.9. The Bertz CT molecular complexity index is 3360. The van der Waals surface area contributed by atoms with Gasteiger partial charge in [-0.25, -0.2) is 15.0 Å². The molecule has 284 valence electrons. The van der Waals surface area contributed by atoms with Crippen LogP contribution < -0.4 is 0 Å². The quantitative estimate of drug-likeness (QED) is 0.158. The van der Waals surface area contributed by atoms with Crippen molar-refractivity contribution < 1.29 is 0 Å². The molecule has 10 aromatic carbocycles. The number of rotatable bonds is 6. The van der Waals surface area contributed by atoms with Crippen molar-refractivity contribution in [3.63, 3.8) is 0 Å². The minimum atomic E-state index is -0.453. The van der Waals surface area contributed by atoms with Crippen LogP contribution in [0.3, 0.4) is 0 Å². The van der Waals surface area contributed by atoms with Crippen molar-refractivity contribution in [2.75, 3.05) is 0 Å². The molecule has 0 unspecified atom stereocenters. The molecule has 0 spiro atoms. The summed E-state index contributed by atoms with van der Waals surface area (Å²) in [6.07, 6.45) is 0. The smallest absolute Gasteiger partial charge is 0.164 e. The zero-order valence-electron chi connectivity index (χ0n) is 33.2. The van der Waals surface area contributed by atoms with Crippen molar-refractivity contribution in [1.29, 1.82) is 0 Å². The zero-order valence-corrected chi connectivity index (χ0v) is 33.2. The Balaban J connectivity index is 1.11. The van der Waals surface area contributed by atoms with E-state index in [9.17, 15) is 0 Å². The van der Waals surface area contributed by atoms with Gasteiger partial charge in [0.2, 0.25) is 0 Å². The van der Waals surface area contributed by atoms with Gasteiger partial charge in [0, 0.05) is 16.7 Å². The fraction of sp³-hybridized carbons (Fsp3) is 0.0172. The number of hydrogen-bond acceptors (Lipinski definition) is 3.